The summed E-state index contributed by atoms with van der Waals surface area (Å²) in [5.74, 6) is 1.96. The lowest BCUT2D eigenvalue weighted by Crippen LogP contribution is -2.46. The molecule has 82 heavy (non-hydrogen) atoms. The summed E-state index contributed by atoms with van der Waals surface area (Å²) in [6.07, 6.45) is 0. The van der Waals surface area contributed by atoms with Crippen LogP contribution in [0.15, 0.2) is 239 Å². The van der Waals surface area contributed by atoms with Crippen LogP contribution in [0.5, 0.6) is 23.0 Å². The molecule has 12 heteroatoms. The minimum Gasteiger partial charge on any atom is -0.456 e. The molecule has 8 heterocycles. The molecule has 384 valence electrons. The van der Waals surface area contributed by atoms with Crippen LogP contribution >= 0.6 is 14.3 Å². The van der Waals surface area contributed by atoms with Gasteiger partial charge < -0.3 is 47.0 Å². The van der Waals surface area contributed by atoms with E-state index in [4.69, 9.17) is 18.3 Å². The molecule has 0 bridgehead atoms. The van der Waals surface area contributed by atoms with E-state index < -0.39 is 14.3 Å². The summed E-state index contributed by atoms with van der Waals surface area (Å²) in [6.45, 7) is 0. The molecule has 10 nitrogen and oxygen atoms in total. The number of para-hydroxylation sites is 5. The van der Waals surface area contributed by atoms with Gasteiger partial charge in [0.15, 0.2) is 19.9 Å². The average Bonchev–Trinajstić information content (AvgIpc) is 0.928. The maximum absolute atomic E-state index is 18.1. The van der Waals surface area contributed by atoms with Crippen molar-refractivity contribution in [1.82, 2.24) is 0 Å². The third-order valence-electron chi connectivity index (χ3n) is 17.7. The second-order valence-electron chi connectivity index (χ2n) is 21.7. The highest BCUT2D eigenvalue weighted by Crippen LogP contribution is 2.71. The second-order valence-corrected chi connectivity index (χ2v) is 26.9. The maximum Gasteiger partial charge on any atom is 0.186 e. The molecule has 12 aromatic carbocycles. The Labute approximate surface area is 467 Å². The molecule has 6 aliphatic rings. The Hall–Kier alpha value is -10.2. The number of fused-ring (bicyclic) bond motifs is 10. The van der Waals surface area contributed by atoms with Crippen molar-refractivity contribution < 1.29 is 27.4 Å². The first-order valence-electron chi connectivity index (χ1n) is 27.4. The molecule has 2 unspecified atom stereocenters. The molecule has 2 aromatic heterocycles. The molecule has 0 radical (unpaired) electrons. The van der Waals surface area contributed by atoms with Crippen LogP contribution in [0, 0.1) is 0 Å². The van der Waals surface area contributed by atoms with E-state index in [1.165, 1.54) is 0 Å². The highest BCUT2D eigenvalue weighted by molar-refractivity contribution is 7.88. The molecule has 0 saturated heterocycles. The summed E-state index contributed by atoms with van der Waals surface area (Å²) in [5, 5.41) is 9.22. The Morgan fingerprint density at radius 3 is 1.32 bits per heavy atom. The molecule has 20 rings (SSSR count). The van der Waals surface area contributed by atoms with Gasteiger partial charge in [-0.3, -0.25) is 0 Å². The fourth-order valence-electron chi connectivity index (χ4n) is 14.6. The third kappa shape index (κ3) is 5.08. The number of rotatable bonds is 4. The van der Waals surface area contributed by atoms with Crippen LogP contribution in [-0.2, 0) is 9.13 Å². The average molecular weight is 1090 g/mol. The van der Waals surface area contributed by atoms with Gasteiger partial charge in [-0.2, -0.15) is 0 Å². The Morgan fingerprint density at radius 1 is 0.268 bits per heavy atom. The first-order chi connectivity index (χ1) is 40.4. The van der Waals surface area contributed by atoms with Crippen LogP contribution in [0.25, 0.3) is 54.6 Å². The van der Waals surface area contributed by atoms with Gasteiger partial charge in [0, 0.05) is 55.1 Å². The smallest absolute Gasteiger partial charge is 0.186 e. The molecule has 14 aromatic rings. The predicted octanol–water partition coefficient (Wildman–Crippen LogP) is 17.3. The van der Waals surface area contributed by atoms with E-state index in [0.717, 1.165) is 111 Å². The molecule has 6 aliphatic heterocycles. The first-order valence-corrected chi connectivity index (χ1v) is 30.8. The van der Waals surface area contributed by atoms with Gasteiger partial charge >= 0.3 is 0 Å². The predicted molar refractivity (Wildman–Crippen MR) is 330 cm³/mol. The zero-order valence-corrected chi connectivity index (χ0v) is 44.9. The van der Waals surface area contributed by atoms with Gasteiger partial charge in [-0.05, 0) is 121 Å². The van der Waals surface area contributed by atoms with Crippen LogP contribution in [0.1, 0.15) is 0 Å². The Bertz CT molecular complexity index is 5410. The lowest BCUT2D eigenvalue weighted by Gasteiger charge is -2.48. The van der Waals surface area contributed by atoms with Crippen molar-refractivity contribution in [3.8, 4) is 23.0 Å². The van der Waals surface area contributed by atoms with Crippen molar-refractivity contribution in [1.29, 1.82) is 0 Å². The lowest BCUT2D eigenvalue weighted by molar-refractivity contribution is 0.484. The van der Waals surface area contributed by atoms with E-state index in [0.29, 0.717) is 66.5 Å². The van der Waals surface area contributed by atoms with Gasteiger partial charge in [0.2, 0.25) is 0 Å². The summed E-state index contributed by atoms with van der Waals surface area (Å²) in [7, 11) is -7.80. The summed E-state index contributed by atoms with van der Waals surface area (Å²) in [6, 6.07) is 78.0. The van der Waals surface area contributed by atoms with Gasteiger partial charge in [0.1, 0.15) is 45.4 Å². The van der Waals surface area contributed by atoms with Gasteiger partial charge in [-0.1, -0.05) is 109 Å². The number of benzene rings is 12. The fraction of sp³-hybridized carbons (Fsp3) is 0. The number of furan rings is 2. The minimum absolute atomic E-state index is 0.461. The molecule has 0 amide bonds. The van der Waals surface area contributed by atoms with Crippen molar-refractivity contribution in [3.05, 3.63) is 231 Å². The van der Waals surface area contributed by atoms with Gasteiger partial charge in [-0.15, -0.1) is 0 Å². The SMILES string of the molecule is O=P12c3c4cccc3N(c3ccc5oc6ccccc6c5c3)c3cccc(c31)N(c1ccccc1)c1c2c(cc2c3c5c(cc12)Oc1cccc2c1P5(=O)c1c(cc5c(oc6ccccc65)c1N2c1ccccc1)N3c1ccccc1)O4. The van der Waals surface area contributed by atoms with Crippen LogP contribution in [0.4, 0.5) is 68.2 Å². The number of ether oxygens (including phenoxy) is 2. The van der Waals surface area contributed by atoms with E-state index in [1.807, 2.05) is 121 Å². The van der Waals surface area contributed by atoms with E-state index in [-0.39, 0.29) is 0 Å². The monoisotopic (exact) mass is 1090 g/mol. The normalized spacial score (nSPS) is 17.8. The molecule has 0 N–H and O–H groups in total. The first kappa shape index (κ1) is 43.6. The van der Waals surface area contributed by atoms with E-state index in [9.17, 15) is 0 Å². The molecule has 2 atom stereocenters. The summed E-state index contributed by atoms with van der Waals surface area (Å²) in [5.41, 5.74) is 12.5. The summed E-state index contributed by atoms with van der Waals surface area (Å²) >= 11 is 0. The van der Waals surface area contributed by atoms with Gasteiger partial charge in [0.05, 0.1) is 71.6 Å². The molecule has 0 saturated carbocycles. The largest absolute Gasteiger partial charge is 0.456 e. The van der Waals surface area contributed by atoms with Gasteiger partial charge in [0.25, 0.3) is 0 Å². The highest BCUT2D eigenvalue weighted by Gasteiger charge is 2.58. The molecule has 0 fully saturated rings. The van der Waals surface area contributed by atoms with Gasteiger partial charge in [-0.25, -0.2) is 0 Å². The molecule has 0 aliphatic carbocycles. The number of hydrogen-bond acceptors (Lipinski definition) is 10. The zero-order chi connectivity index (χ0) is 53.5. The van der Waals surface area contributed by atoms with E-state index in [2.05, 4.69) is 129 Å². The third-order valence-corrected chi connectivity index (χ3v) is 24.1. The fourth-order valence-corrected chi connectivity index (χ4v) is 21.7. The topological polar surface area (TPSA) is 91.8 Å². The number of anilines is 12. The molecular formula is C70H38N4O6P2. The second kappa shape index (κ2) is 15.0. The minimum atomic E-state index is -3.94. The van der Waals surface area contributed by atoms with Crippen LogP contribution in [0.2, 0.25) is 0 Å². The highest BCUT2D eigenvalue weighted by atomic mass is 31.2. The Balaban J connectivity index is 0.934. The Kier molecular flexibility index (Phi) is 7.95. The van der Waals surface area contributed by atoms with Crippen LogP contribution in [0.3, 0.4) is 0 Å². The van der Waals surface area contributed by atoms with Crippen LogP contribution < -0.4 is 60.9 Å². The number of nitrogens with zero attached hydrogens (tertiary/aromatic N) is 4. The Morgan fingerprint density at radius 2 is 0.720 bits per heavy atom. The van der Waals surface area contributed by atoms with Crippen LogP contribution in [-0.4, -0.2) is 0 Å². The molecular weight excluding hydrogens is 1050 g/mol. The molecule has 0 spiro atoms. The van der Waals surface area contributed by atoms with Crippen molar-refractivity contribution in [2.75, 3.05) is 19.6 Å². The van der Waals surface area contributed by atoms with Crippen molar-refractivity contribution in [3.63, 3.8) is 0 Å². The van der Waals surface area contributed by atoms with Crippen molar-refractivity contribution in [2.45, 2.75) is 0 Å². The van der Waals surface area contributed by atoms with Crippen molar-refractivity contribution >= 4 is 169 Å². The summed E-state index contributed by atoms with van der Waals surface area (Å²) in [4.78, 5) is 8.99. The lowest BCUT2D eigenvalue weighted by atomic mass is 9.99. The standard InChI is InChI=1S/C70H38N4O6P2/c75-81-65-49-25-14-26-50(65)72(39-17-4-1-5-18-39)61-46-37-60-70-62(47(46)38-59(69(61)81)78-57-31-15-27-51(66(57)81)71(49)42-33-34-56-45(35-42)43-23-10-12-29-54(43)77-56)74(41-21-8-3-9-22-41)53-36-48-44-24-11-13-30-55(44)80-64(48)63-68(53)82(70,76)67-52(28-16-32-58(67)79-60)73(63)40-19-6-2-7-20-40/h1-38H. The van der Waals surface area contributed by atoms with E-state index in [1.54, 1.807) is 0 Å². The maximum atomic E-state index is 18.1. The summed E-state index contributed by atoms with van der Waals surface area (Å²) < 4.78 is 64.1. The van der Waals surface area contributed by atoms with Crippen molar-refractivity contribution in [2.24, 2.45) is 0 Å². The zero-order valence-electron chi connectivity index (χ0n) is 43.1. The number of hydrogen-bond donors (Lipinski definition) is 0. The van der Waals surface area contributed by atoms with E-state index >= 15 is 9.13 Å². The quantitative estimate of drug-likeness (QED) is 0.159.